The van der Waals surface area contributed by atoms with Gasteiger partial charge in [0.05, 0.1) is 36.0 Å². The van der Waals surface area contributed by atoms with E-state index in [1.165, 1.54) is 0 Å². The number of carbonyl (C=O) groups excluding carboxylic acids is 1. The van der Waals surface area contributed by atoms with Gasteiger partial charge in [-0.05, 0) is 31.0 Å². The second-order valence-corrected chi connectivity index (χ2v) is 5.89. The highest BCUT2D eigenvalue weighted by atomic mass is 32.1. The lowest BCUT2D eigenvalue weighted by Crippen LogP contribution is -2.33. The molecule has 0 spiro atoms. The summed E-state index contributed by atoms with van der Waals surface area (Å²) in [6.07, 6.45) is 3.52. The maximum atomic E-state index is 12.2. The minimum Gasteiger partial charge on any atom is -0.496 e. The lowest BCUT2D eigenvalue weighted by atomic mass is 10.0. The van der Waals surface area contributed by atoms with E-state index in [-0.39, 0.29) is 5.78 Å². The number of hydrogen-bond acceptors (Lipinski definition) is 5. The van der Waals surface area contributed by atoms with E-state index in [2.05, 4.69) is 6.07 Å². The third-order valence-electron chi connectivity index (χ3n) is 3.83. The van der Waals surface area contributed by atoms with Crippen LogP contribution in [0.2, 0.25) is 0 Å². The van der Waals surface area contributed by atoms with Crippen LogP contribution in [0.5, 0.6) is 5.75 Å². The first-order valence-electron chi connectivity index (χ1n) is 7.73. The van der Waals surface area contributed by atoms with Gasteiger partial charge in [-0.1, -0.05) is 12.2 Å². The van der Waals surface area contributed by atoms with Crippen molar-refractivity contribution >= 4 is 28.7 Å². The van der Waals surface area contributed by atoms with Crippen molar-refractivity contribution in [2.24, 2.45) is 0 Å². The summed E-state index contributed by atoms with van der Waals surface area (Å²) < 4.78 is 10.6. The summed E-state index contributed by atoms with van der Waals surface area (Å²) in [4.78, 5) is 14.9. The Balaban J connectivity index is 2.54. The third kappa shape index (κ3) is 4.19. The molecule has 0 aromatic heterocycles. The number of hydrogen-bond donors (Lipinski definition) is 0. The predicted molar refractivity (Wildman–Crippen MR) is 95.7 cm³/mol. The van der Waals surface area contributed by atoms with E-state index in [4.69, 9.17) is 27.0 Å². The Labute approximate surface area is 147 Å². The molecule has 0 saturated heterocycles. The van der Waals surface area contributed by atoms with Crippen LogP contribution in [0.25, 0.3) is 5.70 Å². The number of benzene rings is 1. The van der Waals surface area contributed by atoms with Crippen LogP contribution >= 0.6 is 12.2 Å². The molecule has 24 heavy (non-hydrogen) atoms. The Hall–Kier alpha value is -2.23. The van der Waals surface area contributed by atoms with Crippen molar-refractivity contribution in [1.82, 2.24) is 4.90 Å². The molecule has 0 aliphatic carbocycles. The summed E-state index contributed by atoms with van der Waals surface area (Å²) in [6, 6.07) is 7.26. The maximum Gasteiger partial charge on any atom is 0.157 e. The molecule has 1 aromatic carbocycles. The largest absolute Gasteiger partial charge is 0.496 e. The Morgan fingerprint density at radius 3 is 2.79 bits per heavy atom. The topological polar surface area (TPSA) is 62.6 Å². The molecule has 2 rings (SSSR count). The van der Waals surface area contributed by atoms with E-state index in [1.807, 2.05) is 4.90 Å². The molecule has 1 heterocycles. The average Bonchev–Trinajstić information content (AvgIpc) is 2.59. The molecular formula is C18H20N2O3S. The lowest BCUT2D eigenvalue weighted by Gasteiger charge is -2.30. The lowest BCUT2D eigenvalue weighted by molar-refractivity contribution is -0.114. The van der Waals surface area contributed by atoms with Crippen LogP contribution in [0.3, 0.4) is 0 Å². The molecule has 0 amide bonds. The molecular weight excluding hydrogens is 324 g/mol. The molecule has 0 fully saturated rings. The highest BCUT2D eigenvalue weighted by Crippen LogP contribution is 2.31. The molecule has 126 valence electrons. The quantitative estimate of drug-likeness (QED) is 0.765. The van der Waals surface area contributed by atoms with Gasteiger partial charge in [-0.2, -0.15) is 5.26 Å². The van der Waals surface area contributed by atoms with Crippen LogP contribution in [0, 0.1) is 11.3 Å². The smallest absolute Gasteiger partial charge is 0.157 e. The number of thiocarbonyl (C=S) groups is 1. The molecule has 0 saturated carbocycles. The molecule has 1 aromatic rings. The molecule has 0 N–H and O–H groups in total. The Bertz CT molecular complexity index is 707. The van der Waals surface area contributed by atoms with Gasteiger partial charge in [0, 0.05) is 31.7 Å². The van der Waals surface area contributed by atoms with Crippen molar-refractivity contribution in [3.8, 4) is 11.8 Å². The molecule has 0 atom stereocenters. The van der Waals surface area contributed by atoms with Gasteiger partial charge in [0.15, 0.2) is 5.78 Å². The van der Waals surface area contributed by atoms with Crippen molar-refractivity contribution in [3.63, 3.8) is 0 Å². The van der Waals surface area contributed by atoms with Gasteiger partial charge in [-0.3, -0.25) is 4.79 Å². The van der Waals surface area contributed by atoms with E-state index < -0.39 is 0 Å². The number of methoxy groups -OCH3 is 2. The summed E-state index contributed by atoms with van der Waals surface area (Å²) in [5, 5.41) is 9.07. The number of nitriles is 1. The van der Waals surface area contributed by atoms with Gasteiger partial charge >= 0.3 is 0 Å². The first-order chi connectivity index (χ1) is 11.6. The SMILES string of the molecule is COCCN1C(=S)CCCC(=O)C=C1c1ccc(C#N)cc1OC. The normalized spacial score (nSPS) is 15.4. The second kappa shape index (κ2) is 8.57. The van der Waals surface area contributed by atoms with E-state index >= 15 is 0 Å². The minimum atomic E-state index is 0.0568. The zero-order valence-corrected chi connectivity index (χ0v) is 14.7. The summed E-state index contributed by atoms with van der Waals surface area (Å²) >= 11 is 5.56. The molecule has 0 bridgehead atoms. The fourth-order valence-corrected chi connectivity index (χ4v) is 2.94. The Morgan fingerprint density at radius 1 is 1.33 bits per heavy atom. The van der Waals surface area contributed by atoms with Gasteiger partial charge < -0.3 is 14.4 Å². The summed E-state index contributed by atoms with van der Waals surface area (Å²) in [5.74, 6) is 0.597. The standard InChI is InChI=1S/C18H20N2O3S/c1-22-9-8-20-16(11-14(21)4-3-5-18(20)24)15-7-6-13(12-19)10-17(15)23-2/h6-7,10-11H,3-5,8-9H2,1-2H3. The monoisotopic (exact) mass is 344 g/mol. The van der Waals surface area contributed by atoms with Crippen LogP contribution < -0.4 is 4.74 Å². The van der Waals surface area contributed by atoms with Gasteiger partial charge in [-0.25, -0.2) is 0 Å². The van der Waals surface area contributed by atoms with Crippen LogP contribution in [-0.4, -0.2) is 43.0 Å². The molecule has 1 aliphatic heterocycles. The number of carbonyl (C=O) groups is 1. The highest BCUT2D eigenvalue weighted by Gasteiger charge is 2.22. The third-order valence-corrected chi connectivity index (χ3v) is 4.25. The van der Waals surface area contributed by atoms with E-state index in [9.17, 15) is 4.79 Å². The first-order valence-corrected chi connectivity index (χ1v) is 8.14. The van der Waals surface area contributed by atoms with Gasteiger partial charge in [0.2, 0.25) is 0 Å². The first kappa shape index (κ1) is 18.1. The van der Waals surface area contributed by atoms with E-state index in [0.29, 0.717) is 43.0 Å². The molecule has 5 nitrogen and oxygen atoms in total. The second-order valence-electron chi connectivity index (χ2n) is 5.41. The number of nitrogens with zero attached hydrogens (tertiary/aromatic N) is 2. The highest BCUT2D eigenvalue weighted by molar-refractivity contribution is 7.80. The number of rotatable bonds is 5. The zero-order chi connectivity index (χ0) is 17.5. The van der Waals surface area contributed by atoms with Crippen LogP contribution in [0.1, 0.15) is 30.4 Å². The summed E-state index contributed by atoms with van der Waals surface area (Å²) in [7, 11) is 3.17. The molecule has 0 radical (unpaired) electrons. The van der Waals surface area contributed by atoms with Gasteiger partial charge in [0.1, 0.15) is 5.75 Å². The fourth-order valence-electron chi connectivity index (χ4n) is 2.61. The van der Waals surface area contributed by atoms with Crippen LogP contribution in [0.15, 0.2) is 24.3 Å². The molecule has 6 heteroatoms. The Kier molecular flexibility index (Phi) is 6.47. The Morgan fingerprint density at radius 2 is 2.12 bits per heavy atom. The van der Waals surface area contributed by atoms with E-state index in [0.717, 1.165) is 17.0 Å². The zero-order valence-electron chi connectivity index (χ0n) is 13.9. The number of allylic oxidation sites excluding steroid dienone is 1. The van der Waals surface area contributed by atoms with Crippen LogP contribution in [0.4, 0.5) is 0 Å². The molecule has 1 aliphatic rings. The van der Waals surface area contributed by atoms with Crippen molar-refractivity contribution in [2.45, 2.75) is 19.3 Å². The summed E-state index contributed by atoms with van der Waals surface area (Å²) in [6.45, 7) is 1.04. The van der Waals surface area contributed by atoms with Crippen LogP contribution in [-0.2, 0) is 9.53 Å². The number of ether oxygens (including phenoxy) is 2. The van der Waals surface area contributed by atoms with Gasteiger partial charge in [-0.15, -0.1) is 0 Å². The van der Waals surface area contributed by atoms with Crippen molar-refractivity contribution in [3.05, 3.63) is 35.4 Å². The minimum absolute atomic E-state index is 0.0568. The maximum absolute atomic E-state index is 12.2. The molecule has 0 unspecified atom stereocenters. The predicted octanol–water partition coefficient (Wildman–Crippen LogP) is 2.94. The van der Waals surface area contributed by atoms with Gasteiger partial charge in [0.25, 0.3) is 0 Å². The fraction of sp³-hybridized carbons (Fsp3) is 0.389. The summed E-state index contributed by atoms with van der Waals surface area (Å²) in [5.41, 5.74) is 1.94. The number of ketones is 1. The average molecular weight is 344 g/mol. The van der Waals surface area contributed by atoms with Crippen molar-refractivity contribution < 1.29 is 14.3 Å². The van der Waals surface area contributed by atoms with E-state index in [1.54, 1.807) is 38.5 Å². The van der Waals surface area contributed by atoms with Crippen molar-refractivity contribution in [2.75, 3.05) is 27.4 Å². The van der Waals surface area contributed by atoms with Crippen molar-refractivity contribution in [1.29, 1.82) is 5.26 Å².